The molecule has 0 spiro atoms. The van der Waals surface area contributed by atoms with E-state index in [-0.39, 0.29) is 6.61 Å². The van der Waals surface area contributed by atoms with Crippen molar-refractivity contribution in [3.8, 4) is 0 Å². The molecule has 0 aliphatic carbocycles. The number of rotatable bonds is 3. The number of hydrogen-bond donors (Lipinski definition) is 1. The first-order valence-corrected chi connectivity index (χ1v) is 3.94. The van der Waals surface area contributed by atoms with Gasteiger partial charge in [-0.15, -0.1) is 0 Å². The fourth-order valence-corrected chi connectivity index (χ4v) is 1.08. The Bertz CT molecular complexity index is 238. The number of likely N-dealkylation sites (tertiary alicyclic amines) is 1. The Morgan fingerprint density at radius 3 is 2.77 bits per heavy atom. The predicted molar refractivity (Wildman–Crippen MR) is 44.3 cm³/mol. The molecule has 1 amide bonds. The van der Waals surface area contributed by atoms with Crippen molar-refractivity contribution in [2.45, 2.75) is 12.5 Å². The van der Waals surface area contributed by atoms with E-state index in [4.69, 9.17) is 5.11 Å². The third-order valence-corrected chi connectivity index (χ3v) is 1.86. The largest absolute Gasteiger partial charge is 0.480 e. The van der Waals surface area contributed by atoms with E-state index in [1.54, 1.807) is 0 Å². The number of carbonyl (C=O) groups excluding carboxylic acids is 1. The molecular weight excluding hydrogens is 174 g/mol. The fourth-order valence-electron chi connectivity index (χ4n) is 1.08. The molecule has 1 saturated heterocycles. The monoisotopic (exact) mass is 185 g/mol. The molecule has 1 fully saturated rings. The van der Waals surface area contributed by atoms with Crippen LogP contribution in [-0.4, -0.2) is 41.3 Å². The van der Waals surface area contributed by atoms with Crippen LogP contribution < -0.4 is 0 Å². The molecule has 1 rings (SSSR count). The molecule has 5 heteroatoms. The summed E-state index contributed by atoms with van der Waals surface area (Å²) in [5.74, 6) is -0.984. The van der Waals surface area contributed by atoms with E-state index in [1.165, 1.54) is 11.0 Å². The van der Waals surface area contributed by atoms with E-state index in [9.17, 15) is 9.59 Å². The summed E-state index contributed by atoms with van der Waals surface area (Å²) in [5.41, 5.74) is 0. The van der Waals surface area contributed by atoms with Gasteiger partial charge in [-0.2, -0.15) is 0 Å². The number of amides is 1. The highest BCUT2D eigenvalue weighted by Gasteiger charge is 2.38. The maximum Gasteiger partial charge on any atom is 0.410 e. The maximum atomic E-state index is 11.1. The Morgan fingerprint density at radius 1 is 1.69 bits per heavy atom. The maximum absolute atomic E-state index is 11.1. The van der Waals surface area contributed by atoms with Gasteiger partial charge in [0.1, 0.15) is 12.6 Å². The normalized spacial score (nSPS) is 20.3. The van der Waals surface area contributed by atoms with Crippen LogP contribution >= 0.6 is 0 Å². The molecule has 1 aliphatic heterocycles. The summed E-state index contributed by atoms with van der Waals surface area (Å²) < 4.78 is 4.68. The molecule has 13 heavy (non-hydrogen) atoms. The zero-order chi connectivity index (χ0) is 9.84. The van der Waals surface area contributed by atoms with Gasteiger partial charge in [0.15, 0.2) is 0 Å². The number of carboxylic acids is 1. The average Bonchev–Trinajstić information content (AvgIpc) is 1.97. The lowest BCUT2D eigenvalue weighted by Gasteiger charge is -2.36. The summed E-state index contributed by atoms with van der Waals surface area (Å²) in [4.78, 5) is 22.8. The molecule has 0 aromatic rings. The molecular formula is C8H11NO4. The van der Waals surface area contributed by atoms with Gasteiger partial charge in [0.05, 0.1) is 0 Å². The molecule has 0 radical (unpaired) electrons. The van der Waals surface area contributed by atoms with Crippen molar-refractivity contribution in [2.75, 3.05) is 13.2 Å². The van der Waals surface area contributed by atoms with Crippen LogP contribution in [0, 0.1) is 0 Å². The number of aliphatic carboxylic acids is 1. The second-order valence-corrected chi connectivity index (χ2v) is 2.70. The van der Waals surface area contributed by atoms with E-state index in [2.05, 4.69) is 11.3 Å². The number of carboxylic acid groups (broad SMARTS) is 1. The van der Waals surface area contributed by atoms with Gasteiger partial charge in [-0.05, 0) is 6.42 Å². The molecule has 1 N–H and O–H groups in total. The lowest BCUT2D eigenvalue weighted by molar-refractivity contribution is -0.146. The van der Waals surface area contributed by atoms with Crippen molar-refractivity contribution < 1.29 is 19.4 Å². The molecule has 72 valence electrons. The van der Waals surface area contributed by atoms with Crippen LogP contribution in [0.3, 0.4) is 0 Å². The highest BCUT2D eigenvalue weighted by atomic mass is 16.6. The average molecular weight is 185 g/mol. The van der Waals surface area contributed by atoms with E-state index in [0.29, 0.717) is 13.0 Å². The van der Waals surface area contributed by atoms with Gasteiger partial charge in [-0.1, -0.05) is 12.7 Å². The molecule has 1 aliphatic rings. The van der Waals surface area contributed by atoms with E-state index in [1.807, 2.05) is 0 Å². The van der Waals surface area contributed by atoms with E-state index < -0.39 is 18.1 Å². The molecule has 1 heterocycles. The highest BCUT2D eigenvalue weighted by molar-refractivity contribution is 5.81. The number of ether oxygens (including phenoxy) is 1. The molecule has 0 saturated carbocycles. The first-order chi connectivity index (χ1) is 6.16. The number of nitrogens with zero attached hydrogens (tertiary/aromatic N) is 1. The minimum Gasteiger partial charge on any atom is -0.480 e. The summed E-state index contributed by atoms with van der Waals surface area (Å²) in [5, 5.41) is 8.61. The Morgan fingerprint density at radius 2 is 2.38 bits per heavy atom. The van der Waals surface area contributed by atoms with Crippen LogP contribution in [0.2, 0.25) is 0 Å². The Balaban J connectivity index is 2.39. The SMILES string of the molecule is C=CCOC(=O)N1CC[C@@H]1C(=O)O. The van der Waals surface area contributed by atoms with Crippen molar-refractivity contribution >= 4 is 12.1 Å². The van der Waals surface area contributed by atoms with Gasteiger partial charge in [0.25, 0.3) is 0 Å². The number of hydrogen-bond acceptors (Lipinski definition) is 3. The lowest BCUT2D eigenvalue weighted by atomic mass is 10.1. The zero-order valence-corrected chi connectivity index (χ0v) is 7.10. The molecule has 0 aromatic carbocycles. The van der Waals surface area contributed by atoms with Crippen molar-refractivity contribution in [3.05, 3.63) is 12.7 Å². The Hall–Kier alpha value is -1.52. The molecule has 5 nitrogen and oxygen atoms in total. The topological polar surface area (TPSA) is 66.8 Å². The van der Waals surface area contributed by atoms with Gasteiger partial charge in [0.2, 0.25) is 0 Å². The summed E-state index contributed by atoms with van der Waals surface area (Å²) >= 11 is 0. The lowest BCUT2D eigenvalue weighted by Crippen LogP contribution is -2.55. The van der Waals surface area contributed by atoms with Gasteiger partial charge in [-0.25, -0.2) is 9.59 Å². The van der Waals surface area contributed by atoms with Gasteiger partial charge < -0.3 is 9.84 Å². The molecule has 0 bridgehead atoms. The summed E-state index contributed by atoms with van der Waals surface area (Å²) in [6.45, 7) is 3.94. The van der Waals surface area contributed by atoms with Crippen molar-refractivity contribution in [2.24, 2.45) is 0 Å². The zero-order valence-electron chi connectivity index (χ0n) is 7.10. The summed E-state index contributed by atoms with van der Waals surface area (Å²) in [6, 6.07) is -0.711. The van der Waals surface area contributed by atoms with E-state index >= 15 is 0 Å². The summed E-state index contributed by atoms with van der Waals surface area (Å²) in [6.07, 6.45) is 1.35. The fraction of sp³-hybridized carbons (Fsp3) is 0.500. The van der Waals surface area contributed by atoms with Gasteiger partial charge in [0, 0.05) is 6.54 Å². The van der Waals surface area contributed by atoms with Gasteiger partial charge in [-0.3, -0.25) is 4.90 Å². The predicted octanol–water partition coefficient (Wildman–Crippen LogP) is 0.468. The smallest absolute Gasteiger partial charge is 0.410 e. The van der Waals surface area contributed by atoms with Crippen LogP contribution in [0.25, 0.3) is 0 Å². The molecule has 0 unspecified atom stereocenters. The second-order valence-electron chi connectivity index (χ2n) is 2.70. The molecule has 0 aromatic heterocycles. The van der Waals surface area contributed by atoms with Crippen LogP contribution in [0.5, 0.6) is 0 Å². The number of carbonyl (C=O) groups is 2. The molecule has 1 atom stereocenters. The van der Waals surface area contributed by atoms with Crippen molar-refractivity contribution in [1.82, 2.24) is 4.90 Å². The second kappa shape index (κ2) is 3.93. The minimum atomic E-state index is -0.984. The van der Waals surface area contributed by atoms with Gasteiger partial charge >= 0.3 is 12.1 Å². The van der Waals surface area contributed by atoms with Crippen LogP contribution in [0.15, 0.2) is 12.7 Å². The van der Waals surface area contributed by atoms with E-state index in [0.717, 1.165) is 0 Å². The van der Waals surface area contributed by atoms with Crippen LogP contribution in [-0.2, 0) is 9.53 Å². The first kappa shape index (κ1) is 9.57. The highest BCUT2D eigenvalue weighted by Crippen LogP contribution is 2.18. The Labute approximate surface area is 75.6 Å². The standard InChI is InChI=1S/C8H11NO4/c1-2-5-13-8(12)9-4-3-6(9)7(10)11/h2,6H,1,3-5H2,(H,10,11)/t6-/m1/s1. The minimum absolute atomic E-state index is 0.113. The van der Waals surface area contributed by atoms with Crippen LogP contribution in [0.1, 0.15) is 6.42 Å². The van der Waals surface area contributed by atoms with Crippen LogP contribution in [0.4, 0.5) is 4.79 Å². The summed E-state index contributed by atoms with van der Waals surface area (Å²) in [7, 11) is 0. The third-order valence-electron chi connectivity index (χ3n) is 1.86. The quantitative estimate of drug-likeness (QED) is 0.649. The Kier molecular flexibility index (Phi) is 2.89. The van der Waals surface area contributed by atoms with Crippen molar-refractivity contribution in [3.63, 3.8) is 0 Å². The third kappa shape index (κ3) is 1.99. The first-order valence-electron chi connectivity index (χ1n) is 3.94. The van der Waals surface area contributed by atoms with Crippen molar-refractivity contribution in [1.29, 1.82) is 0 Å².